The minimum Gasteiger partial charge on any atom is -0.411 e. The van der Waals surface area contributed by atoms with E-state index in [1.54, 1.807) is 18.2 Å². The maximum Gasteiger partial charge on any atom is 0.188 e. The lowest BCUT2D eigenvalue weighted by Gasteiger charge is -2.23. The van der Waals surface area contributed by atoms with Crippen molar-refractivity contribution in [2.24, 2.45) is 5.16 Å². The van der Waals surface area contributed by atoms with Gasteiger partial charge in [-0.1, -0.05) is 23.4 Å². The fraction of sp³-hybridized carbons (Fsp3) is 0.364. The first-order valence-electron chi connectivity index (χ1n) is 4.83. The van der Waals surface area contributed by atoms with E-state index in [2.05, 4.69) is 5.16 Å². The second kappa shape index (κ2) is 4.25. The SMILES string of the molecule is C/C(=N/O)C(C)(C)S(=O)(=O)c1ccccc1. The molecule has 0 amide bonds. The van der Waals surface area contributed by atoms with Crippen LogP contribution in [0.2, 0.25) is 0 Å². The number of rotatable bonds is 3. The van der Waals surface area contributed by atoms with Gasteiger partial charge in [-0.15, -0.1) is 0 Å². The number of hydrogen-bond donors (Lipinski definition) is 1. The van der Waals surface area contributed by atoms with Crippen molar-refractivity contribution in [1.29, 1.82) is 0 Å². The summed E-state index contributed by atoms with van der Waals surface area (Å²) in [6.07, 6.45) is 0. The highest BCUT2D eigenvalue weighted by atomic mass is 32.2. The lowest BCUT2D eigenvalue weighted by atomic mass is 10.1. The summed E-state index contributed by atoms with van der Waals surface area (Å²) in [6.45, 7) is 4.52. The molecule has 1 N–H and O–H groups in total. The molecule has 1 aromatic carbocycles. The first-order valence-corrected chi connectivity index (χ1v) is 6.31. The van der Waals surface area contributed by atoms with Crippen LogP contribution in [0.1, 0.15) is 20.8 Å². The van der Waals surface area contributed by atoms with Crippen LogP contribution >= 0.6 is 0 Å². The third-order valence-electron chi connectivity index (χ3n) is 2.75. The van der Waals surface area contributed by atoms with Gasteiger partial charge in [0.2, 0.25) is 0 Å². The Morgan fingerprint density at radius 2 is 1.75 bits per heavy atom. The van der Waals surface area contributed by atoms with Crippen LogP contribution in [0, 0.1) is 0 Å². The number of oxime groups is 1. The van der Waals surface area contributed by atoms with Gasteiger partial charge in [-0.05, 0) is 32.9 Å². The topological polar surface area (TPSA) is 66.7 Å². The van der Waals surface area contributed by atoms with Crippen molar-refractivity contribution in [2.45, 2.75) is 30.4 Å². The monoisotopic (exact) mass is 241 g/mol. The molecule has 0 aromatic heterocycles. The van der Waals surface area contributed by atoms with Crippen molar-refractivity contribution in [3.05, 3.63) is 30.3 Å². The van der Waals surface area contributed by atoms with Crippen LogP contribution in [-0.2, 0) is 9.84 Å². The Morgan fingerprint density at radius 1 is 1.25 bits per heavy atom. The Kier molecular flexibility index (Phi) is 3.38. The normalized spacial score (nSPS) is 13.8. The van der Waals surface area contributed by atoms with Gasteiger partial charge in [-0.2, -0.15) is 0 Å². The summed E-state index contributed by atoms with van der Waals surface area (Å²) >= 11 is 0. The van der Waals surface area contributed by atoms with Crippen molar-refractivity contribution in [3.63, 3.8) is 0 Å². The van der Waals surface area contributed by atoms with E-state index in [1.807, 2.05) is 0 Å². The van der Waals surface area contributed by atoms with Crippen LogP contribution in [0.3, 0.4) is 0 Å². The molecule has 1 rings (SSSR count). The van der Waals surface area contributed by atoms with Crippen molar-refractivity contribution >= 4 is 15.5 Å². The first-order chi connectivity index (χ1) is 7.34. The molecular formula is C11H15NO3S. The molecule has 16 heavy (non-hydrogen) atoms. The predicted molar refractivity (Wildman–Crippen MR) is 62.6 cm³/mol. The molecule has 1 aromatic rings. The Labute approximate surface area is 95.5 Å². The molecule has 0 spiro atoms. The molecule has 4 nitrogen and oxygen atoms in total. The van der Waals surface area contributed by atoms with Gasteiger partial charge in [0.15, 0.2) is 9.84 Å². The fourth-order valence-electron chi connectivity index (χ4n) is 1.21. The van der Waals surface area contributed by atoms with Gasteiger partial charge in [0, 0.05) is 0 Å². The summed E-state index contributed by atoms with van der Waals surface area (Å²) in [6, 6.07) is 8.13. The van der Waals surface area contributed by atoms with Crippen molar-refractivity contribution in [2.75, 3.05) is 0 Å². The average Bonchev–Trinajstić information content (AvgIpc) is 2.28. The Balaban J connectivity index is 3.34. The second-order valence-corrected chi connectivity index (χ2v) is 6.51. The molecule has 0 aliphatic rings. The molecule has 0 heterocycles. The van der Waals surface area contributed by atoms with Gasteiger partial charge in [-0.25, -0.2) is 8.42 Å². The van der Waals surface area contributed by atoms with Crippen molar-refractivity contribution < 1.29 is 13.6 Å². The third-order valence-corrected chi connectivity index (χ3v) is 5.28. The Morgan fingerprint density at radius 3 is 2.19 bits per heavy atom. The van der Waals surface area contributed by atoms with Gasteiger partial charge in [0.05, 0.1) is 10.6 Å². The maximum absolute atomic E-state index is 12.3. The molecule has 88 valence electrons. The fourth-order valence-corrected chi connectivity index (χ4v) is 2.74. The summed E-state index contributed by atoms with van der Waals surface area (Å²) in [5, 5.41) is 11.7. The van der Waals surface area contributed by atoms with Gasteiger partial charge in [-0.3, -0.25) is 0 Å². The second-order valence-electron chi connectivity index (χ2n) is 4.01. The van der Waals surface area contributed by atoms with E-state index in [1.165, 1.54) is 32.9 Å². The summed E-state index contributed by atoms with van der Waals surface area (Å²) in [4.78, 5) is 0.225. The molecule has 0 radical (unpaired) electrons. The zero-order valence-electron chi connectivity index (χ0n) is 9.51. The molecule has 0 fully saturated rings. The van der Waals surface area contributed by atoms with Gasteiger partial charge >= 0.3 is 0 Å². The maximum atomic E-state index is 12.3. The number of benzene rings is 1. The van der Waals surface area contributed by atoms with E-state index in [4.69, 9.17) is 5.21 Å². The summed E-state index contributed by atoms with van der Waals surface area (Å²) in [5.41, 5.74) is 0.163. The summed E-state index contributed by atoms with van der Waals surface area (Å²) in [5.74, 6) is 0. The van der Waals surface area contributed by atoms with Gasteiger partial charge in [0.1, 0.15) is 4.75 Å². The third kappa shape index (κ3) is 1.95. The standard InChI is InChI=1S/C11H15NO3S/c1-9(12-13)11(2,3)16(14,15)10-7-5-4-6-8-10/h4-8,13H,1-3H3/b12-9-. The first kappa shape index (κ1) is 12.7. The van der Waals surface area contributed by atoms with Gasteiger partial charge < -0.3 is 5.21 Å². The lowest BCUT2D eigenvalue weighted by molar-refractivity contribution is 0.316. The number of sulfone groups is 1. The molecule has 0 saturated carbocycles. The highest BCUT2D eigenvalue weighted by molar-refractivity contribution is 7.93. The van der Waals surface area contributed by atoms with Crippen molar-refractivity contribution in [3.8, 4) is 0 Å². The zero-order valence-corrected chi connectivity index (χ0v) is 10.3. The summed E-state index contributed by atoms with van der Waals surface area (Å²) in [7, 11) is -3.54. The summed E-state index contributed by atoms with van der Waals surface area (Å²) < 4.78 is 23.3. The zero-order chi connectivity index (χ0) is 12.4. The predicted octanol–water partition coefficient (Wildman–Crippen LogP) is 2.09. The van der Waals surface area contributed by atoms with E-state index in [0.717, 1.165) is 0 Å². The molecule has 0 aliphatic heterocycles. The van der Waals surface area contributed by atoms with E-state index >= 15 is 0 Å². The molecule has 0 atom stereocenters. The number of hydrogen-bond acceptors (Lipinski definition) is 4. The van der Waals surface area contributed by atoms with E-state index in [0.29, 0.717) is 0 Å². The quantitative estimate of drug-likeness (QED) is 0.500. The van der Waals surface area contributed by atoms with Crippen LogP contribution in [0.4, 0.5) is 0 Å². The van der Waals surface area contributed by atoms with E-state index in [9.17, 15) is 8.42 Å². The molecule has 0 bridgehead atoms. The minimum absolute atomic E-state index is 0.163. The minimum atomic E-state index is -3.54. The van der Waals surface area contributed by atoms with Crippen LogP contribution in [0.15, 0.2) is 40.4 Å². The van der Waals surface area contributed by atoms with Crippen LogP contribution in [0.25, 0.3) is 0 Å². The van der Waals surface area contributed by atoms with Gasteiger partial charge in [0.25, 0.3) is 0 Å². The smallest absolute Gasteiger partial charge is 0.188 e. The van der Waals surface area contributed by atoms with Crippen molar-refractivity contribution in [1.82, 2.24) is 0 Å². The molecule has 0 unspecified atom stereocenters. The highest BCUT2D eigenvalue weighted by Gasteiger charge is 2.38. The Hall–Kier alpha value is -1.36. The highest BCUT2D eigenvalue weighted by Crippen LogP contribution is 2.26. The molecule has 0 aliphatic carbocycles. The van der Waals surface area contributed by atoms with E-state index < -0.39 is 14.6 Å². The molecule has 5 heteroatoms. The van der Waals surface area contributed by atoms with Crippen LogP contribution in [0.5, 0.6) is 0 Å². The lowest BCUT2D eigenvalue weighted by Crippen LogP contribution is -2.39. The molecule has 0 saturated heterocycles. The number of nitrogens with zero attached hydrogens (tertiary/aromatic N) is 1. The van der Waals surface area contributed by atoms with Crippen LogP contribution in [-0.4, -0.2) is 24.1 Å². The average molecular weight is 241 g/mol. The largest absolute Gasteiger partial charge is 0.411 e. The molecular weight excluding hydrogens is 226 g/mol. The van der Waals surface area contributed by atoms with E-state index in [-0.39, 0.29) is 10.6 Å². The Bertz CT molecular complexity index is 489. The van der Waals surface area contributed by atoms with Crippen LogP contribution < -0.4 is 0 Å².